The summed E-state index contributed by atoms with van der Waals surface area (Å²) in [5, 5.41) is 5.58. The van der Waals surface area contributed by atoms with Crippen LogP contribution in [-0.4, -0.2) is 29.7 Å². The van der Waals surface area contributed by atoms with Crippen LogP contribution >= 0.6 is 11.3 Å². The molecule has 2 aromatic heterocycles. The van der Waals surface area contributed by atoms with Gasteiger partial charge in [-0.15, -0.1) is 11.3 Å². The van der Waals surface area contributed by atoms with Crippen LogP contribution in [0.5, 0.6) is 0 Å². The van der Waals surface area contributed by atoms with Crippen LogP contribution in [0.15, 0.2) is 11.7 Å². The summed E-state index contributed by atoms with van der Waals surface area (Å²) in [6, 6.07) is 0. The van der Waals surface area contributed by atoms with E-state index in [0.717, 1.165) is 35.8 Å². The molecule has 18 heavy (non-hydrogen) atoms. The van der Waals surface area contributed by atoms with Gasteiger partial charge in [0.05, 0.1) is 16.8 Å². The maximum Gasteiger partial charge on any atom is 0.147 e. The molecule has 4 nitrogen and oxygen atoms in total. The topological polar surface area (TPSA) is 47.0 Å². The molecule has 0 aromatic carbocycles. The van der Waals surface area contributed by atoms with Crippen LogP contribution in [0, 0.1) is 12.8 Å². The number of thiophene rings is 1. The average molecular weight is 263 g/mol. The highest BCUT2D eigenvalue weighted by atomic mass is 32.1. The number of hydrogen-bond donors (Lipinski definition) is 1. The molecule has 0 aliphatic carbocycles. The second-order valence-electron chi connectivity index (χ2n) is 4.78. The van der Waals surface area contributed by atoms with Gasteiger partial charge in [-0.1, -0.05) is 0 Å². The van der Waals surface area contributed by atoms with Crippen molar-refractivity contribution in [2.75, 3.05) is 25.1 Å². The third-order valence-electron chi connectivity index (χ3n) is 3.34. The van der Waals surface area contributed by atoms with Gasteiger partial charge in [-0.3, -0.25) is 0 Å². The van der Waals surface area contributed by atoms with Crippen molar-refractivity contribution in [2.24, 2.45) is 5.92 Å². The van der Waals surface area contributed by atoms with Gasteiger partial charge in [0, 0.05) is 13.2 Å². The number of ether oxygens (including phenoxy) is 1. The Bertz CT molecular complexity index is 534. The van der Waals surface area contributed by atoms with Crippen molar-refractivity contribution >= 4 is 27.4 Å². The van der Waals surface area contributed by atoms with Crippen molar-refractivity contribution in [2.45, 2.75) is 19.8 Å². The standard InChI is InChI=1S/C13H17N3OS/c1-9-7-18-12-11(9)15-8-16-13(12)14-5-10-3-2-4-17-6-10/h7-8,10H,2-6H2,1H3,(H,14,15,16). The molecule has 1 unspecified atom stereocenters. The van der Waals surface area contributed by atoms with E-state index in [1.165, 1.54) is 18.4 Å². The zero-order valence-electron chi connectivity index (χ0n) is 10.5. The highest BCUT2D eigenvalue weighted by Crippen LogP contribution is 2.28. The van der Waals surface area contributed by atoms with E-state index in [1.54, 1.807) is 17.7 Å². The summed E-state index contributed by atoms with van der Waals surface area (Å²) in [4.78, 5) is 8.68. The van der Waals surface area contributed by atoms with Crippen LogP contribution in [0.1, 0.15) is 18.4 Å². The van der Waals surface area contributed by atoms with Gasteiger partial charge in [0.15, 0.2) is 0 Å². The first-order valence-electron chi connectivity index (χ1n) is 6.35. The maximum atomic E-state index is 5.49. The van der Waals surface area contributed by atoms with Gasteiger partial charge in [0.1, 0.15) is 12.1 Å². The van der Waals surface area contributed by atoms with E-state index >= 15 is 0 Å². The van der Waals surface area contributed by atoms with Gasteiger partial charge in [0.25, 0.3) is 0 Å². The lowest BCUT2D eigenvalue weighted by Gasteiger charge is -2.22. The van der Waals surface area contributed by atoms with E-state index in [9.17, 15) is 0 Å². The summed E-state index contributed by atoms with van der Waals surface area (Å²) in [5.74, 6) is 1.56. The number of nitrogens with one attached hydrogen (secondary N) is 1. The lowest BCUT2D eigenvalue weighted by Crippen LogP contribution is -2.24. The number of aryl methyl sites for hydroxylation is 1. The van der Waals surface area contributed by atoms with E-state index in [2.05, 4.69) is 27.6 Å². The molecule has 1 atom stereocenters. The Hall–Kier alpha value is -1.20. The second-order valence-corrected chi connectivity index (χ2v) is 5.66. The van der Waals surface area contributed by atoms with Gasteiger partial charge < -0.3 is 10.1 Å². The molecule has 0 saturated carbocycles. The minimum Gasteiger partial charge on any atom is -0.381 e. The largest absolute Gasteiger partial charge is 0.381 e. The van der Waals surface area contributed by atoms with Gasteiger partial charge >= 0.3 is 0 Å². The van der Waals surface area contributed by atoms with Crippen molar-refractivity contribution in [3.05, 3.63) is 17.3 Å². The third kappa shape index (κ3) is 2.33. The smallest absolute Gasteiger partial charge is 0.147 e. The van der Waals surface area contributed by atoms with Crippen LogP contribution in [0.25, 0.3) is 10.2 Å². The van der Waals surface area contributed by atoms with Crippen LogP contribution < -0.4 is 5.32 Å². The highest BCUT2D eigenvalue weighted by molar-refractivity contribution is 7.18. The summed E-state index contributed by atoms with van der Waals surface area (Å²) >= 11 is 1.71. The first kappa shape index (κ1) is 11.9. The lowest BCUT2D eigenvalue weighted by atomic mass is 10.0. The molecule has 5 heteroatoms. The molecule has 1 aliphatic heterocycles. The molecule has 96 valence electrons. The van der Waals surface area contributed by atoms with Crippen molar-refractivity contribution in [3.8, 4) is 0 Å². The molecule has 1 N–H and O–H groups in total. The zero-order chi connectivity index (χ0) is 12.4. The van der Waals surface area contributed by atoms with Gasteiger partial charge in [0.2, 0.25) is 0 Å². The van der Waals surface area contributed by atoms with Crippen LogP contribution in [0.4, 0.5) is 5.82 Å². The Morgan fingerprint density at radius 3 is 3.28 bits per heavy atom. The molecular formula is C13H17N3OS. The van der Waals surface area contributed by atoms with Crippen molar-refractivity contribution in [1.29, 1.82) is 0 Å². The fourth-order valence-corrected chi connectivity index (χ4v) is 3.27. The SMILES string of the molecule is Cc1csc2c(NCC3CCCOC3)ncnc12. The second kappa shape index (κ2) is 5.20. The zero-order valence-corrected chi connectivity index (χ0v) is 11.3. The molecule has 0 bridgehead atoms. The summed E-state index contributed by atoms with van der Waals surface area (Å²) in [6.45, 7) is 4.80. The Morgan fingerprint density at radius 2 is 2.44 bits per heavy atom. The normalized spacial score (nSPS) is 20.2. The Labute approximate surface area is 110 Å². The molecule has 1 saturated heterocycles. The average Bonchev–Trinajstić information content (AvgIpc) is 2.80. The summed E-state index contributed by atoms with van der Waals surface area (Å²) < 4.78 is 6.65. The molecule has 1 aliphatic rings. The molecule has 0 amide bonds. The molecule has 0 radical (unpaired) electrons. The fraction of sp³-hybridized carbons (Fsp3) is 0.538. The molecule has 1 fully saturated rings. The third-order valence-corrected chi connectivity index (χ3v) is 4.44. The van der Waals surface area contributed by atoms with Gasteiger partial charge in [-0.2, -0.15) is 0 Å². The number of aromatic nitrogens is 2. The summed E-state index contributed by atoms with van der Waals surface area (Å²) in [6.07, 6.45) is 4.05. The summed E-state index contributed by atoms with van der Waals surface area (Å²) in [5.41, 5.74) is 2.29. The van der Waals surface area contributed by atoms with E-state index in [1.807, 2.05) is 0 Å². The van der Waals surface area contributed by atoms with Crippen LogP contribution in [0.3, 0.4) is 0 Å². The van der Waals surface area contributed by atoms with Crippen molar-refractivity contribution < 1.29 is 4.74 Å². The fourth-order valence-electron chi connectivity index (χ4n) is 2.30. The monoisotopic (exact) mass is 263 g/mol. The Kier molecular flexibility index (Phi) is 3.43. The van der Waals surface area contributed by atoms with E-state index in [0.29, 0.717) is 5.92 Å². The Balaban J connectivity index is 1.74. The minimum absolute atomic E-state index is 0.602. The highest BCUT2D eigenvalue weighted by Gasteiger charge is 2.15. The van der Waals surface area contributed by atoms with Crippen LogP contribution in [0.2, 0.25) is 0 Å². The quantitative estimate of drug-likeness (QED) is 0.925. The van der Waals surface area contributed by atoms with Crippen molar-refractivity contribution in [1.82, 2.24) is 9.97 Å². The Morgan fingerprint density at radius 1 is 1.50 bits per heavy atom. The number of rotatable bonds is 3. The van der Waals surface area contributed by atoms with Crippen molar-refractivity contribution in [3.63, 3.8) is 0 Å². The predicted octanol–water partition coefficient (Wildman–Crippen LogP) is 2.84. The molecular weight excluding hydrogens is 246 g/mol. The van der Waals surface area contributed by atoms with E-state index in [-0.39, 0.29) is 0 Å². The van der Waals surface area contributed by atoms with Gasteiger partial charge in [-0.25, -0.2) is 9.97 Å². The number of hydrogen-bond acceptors (Lipinski definition) is 5. The number of anilines is 1. The van der Waals surface area contributed by atoms with E-state index in [4.69, 9.17) is 4.74 Å². The number of fused-ring (bicyclic) bond motifs is 1. The lowest BCUT2D eigenvalue weighted by molar-refractivity contribution is 0.0595. The molecule has 3 rings (SSSR count). The summed E-state index contributed by atoms with van der Waals surface area (Å²) in [7, 11) is 0. The first-order valence-corrected chi connectivity index (χ1v) is 7.23. The predicted molar refractivity (Wildman–Crippen MR) is 74.2 cm³/mol. The molecule has 0 spiro atoms. The molecule has 2 aromatic rings. The van der Waals surface area contributed by atoms with Crippen LogP contribution in [-0.2, 0) is 4.74 Å². The number of nitrogens with zero attached hydrogens (tertiary/aromatic N) is 2. The van der Waals surface area contributed by atoms with E-state index < -0.39 is 0 Å². The van der Waals surface area contributed by atoms with Gasteiger partial charge in [-0.05, 0) is 36.6 Å². The molecule has 3 heterocycles. The minimum atomic E-state index is 0.602. The first-order chi connectivity index (χ1) is 8.84. The maximum absolute atomic E-state index is 5.49.